The minimum absolute atomic E-state index is 0.351. The number of aromatic amines is 1. The Morgan fingerprint density at radius 1 is 1.62 bits per heavy atom. The zero-order valence-electron chi connectivity index (χ0n) is 6.61. The molecule has 13 heavy (non-hydrogen) atoms. The summed E-state index contributed by atoms with van der Waals surface area (Å²) in [5.74, 6) is -0.357. The Hall–Kier alpha value is -0.910. The average molecular weight is 254 g/mol. The first-order valence-corrected chi connectivity index (χ1v) is 4.14. The molecule has 0 bridgehead atoms. The van der Waals surface area contributed by atoms with E-state index in [-0.39, 0.29) is 5.75 Å². The van der Waals surface area contributed by atoms with Crippen molar-refractivity contribution in [3.05, 3.63) is 26.6 Å². The number of rotatable bonds is 2. The van der Waals surface area contributed by atoms with Gasteiger partial charge in [0.2, 0.25) is 0 Å². The molecule has 0 aromatic carbocycles. The van der Waals surface area contributed by atoms with Gasteiger partial charge < -0.3 is 9.72 Å². The maximum atomic E-state index is 11.8. The smallest absolute Gasteiger partial charge is 0.387 e. The molecule has 1 aromatic rings. The molecule has 0 atom stereocenters. The van der Waals surface area contributed by atoms with Crippen LogP contribution in [0, 0.1) is 6.92 Å². The molecule has 0 fully saturated rings. The van der Waals surface area contributed by atoms with E-state index in [0.717, 1.165) is 0 Å². The quantitative estimate of drug-likeness (QED) is 0.877. The van der Waals surface area contributed by atoms with E-state index in [2.05, 4.69) is 25.7 Å². The highest BCUT2D eigenvalue weighted by atomic mass is 79.9. The van der Waals surface area contributed by atoms with E-state index < -0.39 is 12.2 Å². The number of ether oxygens (including phenoxy) is 1. The van der Waals surface area contributed by atoms with Gasteiger partial charge in [0, 0.05) is 16.2 Å². The van der Waals surface area contributed by atoms with E-state index in [4.69, 9.17) is 0 Å². The highest BCUT2D eigenvalue weighted by molar-refractivity contribution is 9.10. The Morgan fingerprint density at radius 3 is 2.77 bits per heavy atom. The number of hydrogen-bond acceptors (Lipinski definition) is 2. The molecule has 1 heterocycles. The van der Waals surface area contributed by atoms with E-state index in [1.54, 1.807) is 0 Å². The van der Waals surface area contributed by atoms with Crippen molar-refractivity contribution in [3.8, 4) is 5.75 Å². The Kier molecular flexibility index (Phi) is 3.02. The lowest BCUT2D eigenvalue weighted by Gasteiger charge is -2.06. The molecule has 0 amide bonds. The molecular formula is C7H6BrF2NO2. The average Bonchev–Trinajstić information content (AvgIpc) is 2.05. The third-order valence-electron chi connectivity index (χ3n) is 1.44. The number of nitrogens with one attached hydrogen (secondary N) is 1. The second kappa shape index (κ2) is 3.87. The van der Waals surface area contributed by atoms with Gasteiger partial charge in [-0.15, -0.1) is 0 Å². The van der Waals surface area contributed by atoms with Crippen LogP contribution in [0.4, 0.5) is 8.78 Å². The molecule has 0 radical (unpaired) electrons. The van der Waals surface area contributed by atoms with E-state index >= 15 is 0 Å². The van der Waals surface area contributed by atoms with Crippen molar-refractivity contribution in [2.75, 3.05) is 0 Å². The van der Waals surface area contributed by atoms with Crippen molar-refractivity contribution >= 4 is 15.9 Å². The van der Waals surface area contributed by atoms with Crippen molar-refractivity contribution in [2.45, 2.75) is 13.5 Å². The van der Waals surface area contributed by atoms with Gasteiger partial charge in [-0.25, -0.2) is 0 Å². The fourth-order valence-corrected chi connectivity index (χ4v) is 1.11. The molecule has 1 N–H and O–H groups in total. The molecule has 1 rings (SSSR count). The molecule has 0 aliphatic heterocycles. The Labute approximate surface area is 80.9 Å². The van der Waals surface area contributed by atoms with Crippen LogP contribution in [0.2, 0.25) is 0 Å². The largest absolute Gasteiger partial charge is 0.429 e. The lowest BCUT2D eigenvalue weighted by molar-refractivity contribution is -0.0513. The number of alkyl halides is 2. The summed E-state index contributed by atoms with van der Waals surface area (Å²) in [6.07, 6.45) is 1.37. The van der Waals surface area contributed by atoms with Crippen molar-refractivity contribution in [1.29, 1.82) is 0 Å². The summed E-state index contributed by atoms with van der Waals surface area (Å²) in [5, 5.41) is 0. The molecule has 0 saturated carbocycles. The highest BCUT2D eigenvalue weighted by Gasteiger charge is 2.13. The first-order chi connectivity index (χ1) is 6.02. The van der Waals surface area contributed by atoms with Crippen LogP contribution in [0.25, 0.3) is 0 Å². The Morgan fingerprint density at radius 2 is 2.23 bits per heavy atom. The highest BCUT2D eigenvalue weighted by Crippen LogP contribution is 2.21. The molecule has 0 unspecified atom stereocenters. The molecular weight excluding hydrogens is 248 g/mol. The summed E-state index contributed by atoms with van der Waals surface area (Å²) < 4.78 is 28.2. The minimum Gasteiger partial charge on any atom is -0.429 e. The van der Waals surface area contributed by atoms with Crippen LogP contribution in [-0.4, -0.2) is 11.6 Å². The van der Waals surface area contributed by atoms with Crippen molar-refractivity contribution < 1.29 is 13.5 Å². The van der Waals surface area contributed by atoms with Crippen molar-refractivity contribution in [2.24, 2.45) is 0 Å². The van der Waals surface area contributed by atoms with Gasteiger partial charge in [0.25, 0.3) is 5.56 Å². The van der Waals surface area contributed by atoms with E-state index in [9.17, 15) is 13.6 Å². The van der Waals surface area contributed by atoms with Gasteiger partial charge in [0.05, 0.1) is 0 Å². The topological polar surface area (TPSA) is 42.1 Å². The monoisotopic (exact) mass is 253 g/mol. The van der Waals surface area contributed by atoms with Crippen LogP contribution in [0.3, 0.4) is 0 Å². The van der Waals surface area contributed by atoms with E-state index in [0.29, 0.717) is 10.0 Å². The summed E-state index contributed by atoms with van der Waals surface area (Å²) in [5.41, 5.74) is -0.315. The van der Waals surface area contributed by atoms with E-state index in [1.165, 1.54) is 13.1 Å². The van der Waals surface area contributed by atoms with Gasteiger partial charge in [-0.3, -0.25) is 4.79 Å². The van der Waals surface area contributed by atoms with Crippen LogP contribution < -0.4 is 10.3 Å². The molecule has 0 saturated heterocycles. The molecule has 6 heteroatoms. The Bertz CT molecular complexity index is 364. The van der Waals surface area contributed by atoms with Gasteiger partial charge in [0.15, 0.2) is 5.75 Å². The minimum atomic E-state index is -2.99. The fraction of sp³-hybridized carbons (Fsp3) is 0.286. The molecule has 0 aliphatic carbocycles. The second-order valence-corrected chi connectivity index (χ2v) is 3.15. The number of H-pyrrole nitrogens is 1. The lowest BCUT2D eigenvalue weighted by Crippen LogP contribution is -2.15. The maximum Gasteiger partial charge on any atom is 0.387 e. The van der Waals surface area contributed by atoms with Crippen LogP contribution in [0.5, 0.6) is 5.75 Å². The summed E-state index contributed by atoms with van der Waals surface area (Å²) in [6.45, 7) is -1.48. The van der Waals surface area contributed by atoms with Gasteiger partial charge in [-0.2, -0.15) is 8.78 Å². The predicted molar refractivity (Wildman–Crippen MR) is 46.1 cm³/mol. The fourth-order valence-electron chi connectivity index (χ4n) is 0.812. The standard InChI is InChI=1S/C7H6BrF2NO2/c1-3-4(8)2-11-6(12)5(3)13-7(9)10/h2,7H,1H3,(H,11,12). The molecule has 1 aromatic heterocycles. The van der Waals surface area contributed by atoms with Crippen LogP contribution in [0.1, 0.15) is 5.56 Å². The summed E-state index contributed by atoms with van der Waals surface area (Å²) in [7, 11) is 0. The summed E-state index contributed by atoms with van der Waals surface area (Å²) in [4.78, 5) is 13.2. The maximum absolute atomic E-state index is 11.8. The molecule has 72 valence electrons. The number of halogens is 3. The second-order valence-electron chi connectivity index (χ2n) is 2.30. The normalized spacial score (nSPS) is 10.5. The predicted octanol–water partition coefficient (Wildman–Crippen LogP) is 2.05. The van der Waals surface area contributed by atoms with Crippen molar-refractivity contribution in [3.63, 3.8) is 0 Å². The third-order valence-corrected chi connectivity index (χ3v) is 2.27. The summed E-state index contributed by atoms with van der Waals surface area (Å²) >= 11 is 3.08. The molecule has 3 nitrogen and oxygen atoms in total. The van der Waals surface area contributed by atoms with Gasteiger partial charge >= 0.3 is 6.61 Å². The van der Waals surface area contributed by atoms with Crippen LogP contribution in [0.15, 0.2) is 15.5 Å². The van der Waals surface area contributed by atoms with Gasteiger partial charge in [-0.1, -0.05) is 0 Å². The van der Waals surface area contributed by atoms with E-state index in [1.807, 2.05) is 0 Å². The number of hydrogen-bond donors (Lipinski definition) is 1. The lowest BCUT2D eigenvalue weighted by atomic mass is 10.3. The van der Waals surface area contributed by atoms with Crippen LogP contribution in [-0.2, 0) is 0 Å². The third kappa shape index (κ3) is 2.27. The molecule has 0 spiro atoms. The SMILES string of the molecule is Cc1c(Br)c[nH]c(=O)c1OC(F)F. The summed E-state index contributed by atoms with van der Waals surface area (Å²) in [6, 6.07) is 0. The first kappa shape index (κ1) is 10.2. The molecule has 0 aliphatic rings. The van der Waals surface area contributed by atoms with Gasteiger partial charge in [0.1, 0.15) is 0 Å². The first-order valence-electron chi connectivity index (χ1n) is 3.35. The van der Waals surface area contributed by atoms with Gasteiger partial charge in [-0.05, 0) is 22.9 Å². The number of pyridine rings is 1. The zero-order valence-corrected chi connectivity index (χ0v) is 8.19. The Balaban J connectivity index is 3.18. The van der Waals surface area contributed by atoms with Crippen molar-refractivity contribution in [1.82, 2.24) is 4.98 Å². The zero-order chi connectivity index (χ0) is 10.0. The van der Waals surface area contributed by atoms with Crippen LogP contribution >= 0.6 is 15.9 Å². The number of aromatic nitrogens is 1.